The normalized spacial score (nSPS) is 20.6. The van der Waals surface area contributed by atoms with E-state index in [1.54, 1.807) is 37.5 Å². The van der Waals surface area contributed by atoms with Crippen molar-refractivity contribution in [2.45, 2.75) is 32.2 Å². The Morgan fingerprint density at radius 1 is 1.26 bits per heavy atom. The quantitative estimate of drug-likeness (QED) is 0.327. The standard InChI is InChI=1S/C21H24BrN7O2/c1-12-18(27-21(31)20(28-23)17-5-3-14(22)8-25-17)7-15(9-24-12)26-19(30)11-29-10-13-2-4-16(29)6-13/h3,5,7-9,13,16H,2,4,6,10-11,23H2,1H3,(H,26,30)(H,27,31)/b28-20+. The fourth-order valence-electron chi connectivity index (χ4n) is 4.27. The molecule has 0 aromatic carbocycles. The number of hydrogen-bond acceptors (Lipinski definition) is 7. The van der Waals surface area contributed by atoms with Crippen LogP contribution in [0.5, 0.6) is 0 Å². The van der Waals surface area contributed by atoms with Crippen molar-refractivity contribution in [3.05, 3.63) is 46.5 Å². The van der Waals surface area contributed by atoms with E-state index in [0.29, 0.717) is 35.3 Å². The summed E-state index contributed by atoms with van der Waals surface area (Å²) in [5.41, 5.74) is 1.91. The maximum absolute atomic E-state index is 12.7. The van der Waals surface area contributed by atoms with Crippen molar-refractivity contribution in [3.63, 3.8) is 0 Å². The highest BCUT2D eigenvalue weighted by Gasteiger charge is 2.38. The number of hydrazone groups is 1. The summed E-state index contributed by atoms with van der Waals surface area (Å²) in [6.45, 7) is 3.13. The topological polar surface area (TPSA) is 126 Å². The van der Waals surface area contributed by atoms with E-state index in [-0.39, 0.29) is 11.6 Å². The SMILES string of the molecule is Cc1ncc(NC(=O)CN2CC3CCC2C3)cc1NC(=O)/C(=N/N)c1ccc(Br)cn1. The first kappa shape index (κ1) is 21.4. The lowest BCUT2D eigenvalue weighted by Gasteiger charge is -2.25. The zero-order chi connectivity index (χ0) is 22.0. The van der Waals surface area contributed by atoms with E-state index in [9.17, 15) is 9.59 Å². The highest BCUT2D eigenvalue weighted by atomic mass is 79.9. The van der Waals surface area contributed by atoms with Crippen LogP contribution in [-0.2, 0) is 9.59 Å². The summed E-state index contributed by atoms with van der Waals surface area (Å²) in [6.07, 6.45) is 6.79. The molecule has 2 aliphatic rings. The largest absolute Gasteiger partial charge is 0.324 e. The predicted octanol–water partition coefficient (Wildman–Crippen LogP) is 2.27. The molecular formula is C21H24BrN7O2. The van der Waals surface area contributed by atoms with E-state index in [1.807, 2.05) is 0 Å². The second-order valence-corrected chi connectivity index (χ2v) is 8.88. The number of fused-ring (bicyclic) bond motifs is 2. The summed E-state index contributed by atoms with van der Waals surface area (Å²) >= 11 is 3.30. The van der Waals surface area contributed by atoms with Gasteiger partial charge in [0.2, 0.25) is 5.91 Å². The molecule has 31 heavy (non-hydrogen) atoms. The maximum Gasteiger partial charge on any atom is 0.278 e. The van der Waals surface area contributed by atoms with Gasteiger partial charge in [-0.3, -0.25) is 24.5 Å². The Morgan fingerprint density at radius 3 is 2.74 bits per heavy atom. The number of piperidine rings is 1. The number of nitrogens with two attached hydrogens (primary N) is 1. The first-order chi connectivity index (χ1) is 14.9. The fourth-order valence-corrected chi connectivity index (χ4v) is 4.51. The van der Waals surface area contributed by atoms with Crippen LogP contribution in [0.2, 0.25) is 0 Å². The number of aryl methyl sites for hydroxylation is 1. The summed E-state index contributed by atoms with van der Waals surface area (Å²) in [4.78, 5) is 35.9. The monoisotopic (exact) mass is 485 g/mol. The van der Waals surface area contributed by atoms with Crippen molar-refractivity contribution in [3.8, 4) is 0 Å². The van der Waals surface area contributed by atoms with Crippen molar-refractivity contribution in [2.24, 2.45) is 16.9 Å². The molecule has 2 aromatic heterocycles. The highest BCUT2D eigenvalue weighted by molar-refractivity contribution is 9.10. The number of likely N-dealkylation sites (tertiary alicyclic amines) is 1. The molecule has 2 aromatic rings. The lowest BCUT2D eigenvalue weighted by atomic mass is 10.1. The Bertz CT molecular complexity index is 1020. The van der Waals surface area contributed by atoms with Crippen molar-refractivity contribution in [2.75, 3.05) is 23.7 Å². The van der Waals surface area contributed by atoms with Gasteiger partial charge in [-0.05, 0) is 66.2 Å². The van der Waals surface area contributed by atoms with Gasteiger partial charge in [-0.2, -0.15) is 5.10 Å². The van der Waals surface area contributed by atoms with E-state index >= 15 is 0 Å². The zero-order valence-corrected chi connectivity index (χ0v) is 18.7. The van der Waals surface area contributed by atoms with Crippen LogP contribution in [0.4, 0.5) is 11.4 Å². The Balaban J connectivity index is 1.41. The number of halogens is 1. The first-order valence-electron chi connectivity index (χ1n) is 10.1. The summed E-state index contributed by atoms with van der Waals surface area (Å²) in [6, 6.07) is 5.60. The van der Waals surface area contributed by atoms with E-state index < -0.39 is 5.91 Å². The van der Waals surface area contributed by atoms with Crippen LogP contribution in [0.25, 0.3) is 0 Å². The Labute approximate surface area is 188 Å². The van der Waals surface area contributed by atoms with E-state index in [1.165, 1.54) is 19.3 Å². The molecule has 2 amide bonds. The molecule has 1 aliphatic carbocycles. The molecule has 3 heterocycles. The zero-order valence-electron chi connectivity index (χ0n) is 17.1. The molecule has 10 heteroatoms. The minimum Gasteiger partial charge on any atom is -0.324 e. The second kappa shape index (κ2) is 9.11. The van der Waals surface area contributed by atoms with Gasteiger partial charge in [0, 0.05) is 23.3 Å². The third-order valence-corrected chi connectivity index (χ3v) is 6.27. The summed E-state index contributed by atoms with van der Waals surface area (Å²) in [5, 5.41) is 9.23. The van der Waals surface area contributed by atoms with Gasteiger partial charge < -0.3 is 16.5 Å². The molecule has 0 spiro atoms. The summed E-state index contributed by atoms with van der Waals surface area (Å²) in [7, 11) is 0. The number of aromatic nitrogens is 2. The van der Waals surface area contributed by atoms with Crippen LogP contribution >= 0.6 is 15.9 Å². The predicted molar refractivity (Wildman–Crippen MR) is 122 cm³/mol. The molecule has 2 fully saturated rings. The Hall–Kier alpha value is -2.85. The molecule has 162 valence electrons. The molecule has 1 saturated carbocycles. The molecule has 1 aliphatic heterocycles. The third-order valence-electron chi connectivity index (χ3n) is 5.80. The fraction of sp³-hybridized carbons (Fsp3) is 0.381. The van der Waals surface area contributed by atoms with Gasteiger partial charge in [-0.25, -0.2) is 0 Å². The van der Waals surface area contributed by atoms with E-state index in [2.05, 4.69) is 46.5 Å². The molecule has 4 rings (SSSR count). The van der Waals surface area contributed by atoms with Crippen molar-refractivity contribution >= 4 is 44.8 Å². The Kier molecular flexibility index (Phi) is 6.28. The lowest BCUT2D eigenvalue weighted by Crippen LogP contribution is -2.38. The number of nitrogens with zero attached hydrogens (tertiary/aromatic N) is 4. The maximum atomic E-state index is 12.7. The van der Waals surface area contributed by atoms with Crippen LogP contribution in [0.1, 0.15) is 30.7 Å². The van der Waals surface area contributed by atoms with Gasteiger partial charge in [-0.15, -0.1) is 0 Å². The van der Waals surface area contributed by atoms with Crippen LogP contribution in [0.3, 0.4) is 0 Å². The number of rotatable bonds is 6. The number of hydrogen-bond donors (Lipinski definition) is 3. The number of carbonyl (C=O) groups is 2. The van der Waals surface area contributed by atoms with E-state index in [0.717, 1.165) is 16.9 Å². The lowest BCUT2D eigenvalue weighted by molar-refractivity contribution is -0.117. The molecule has 2 atom stereocenters. The van der Waals surface area contributed by atoms with Crippen molar-refractivity contribution < 1.29 is 9.59 Å². The Morgan fingerprint density at radius 2 is 2.10 bits per heavy atom. The number of pyridine rings is 2. The van der Waals surface area contributed by atoms with Crippen molar-refractivity contribution in [1.29, 1.82) is 0 Å². The average molecular weight is 486 g/mol. The smallest absolute Gasteiger partial charge is 0.278 e. The number of carbonyl (C=O) groups excluding carboxylic acids is 2. The van der Waals surface area contributed by atoms with Crippen LogP contribution in [0.15, 0.2) is 40.2 Å². The number of nitrogens with one attached hydrogen (secondary N) is 2. The molecule has 0 radical (unpaired) electrons. The van der Waals surface area contributed by atoms with Crippen LogP contribution in [-0.4, -0.2) is 51.5 Å². The number of amides is 2. The van der Waals surface area contributed by atoms with Crippen LogP contribution < -0.4 is 16.5 Å². The molecule has 9 nitrogen and oxygen atoms in total. The van der Waals surface area contributed by atoms with Gasteiger partial charge in [0.25, 0.3) is 5.91 Å². The first-order valence-corrected chi connectivity index (χ1v) is 10.9. The van der Waals surface area contributed by atoms with E-state index in [4.69, 9.17) is 5.84 Å². The van der Waals surface area contributed by atoms with Gasteiger partial charge >= 0.3 is 0 Å². The summed E-state index contributed by atoms with van der Waals surface area (Å²) < 4.78 is 0.776. The second-order valence-electron chi connectivity index (χ2n) is 7.96. The highest BCUT2D eigenvalue weighted by Crippen LogP contribution is 2.37. The molecule has 1 saturated heterocycles. The molecule has 2 unspecified atom stereocenters. The number of anilines is 2. The average Bonchev–Trinajstić information content (AvgIpc) is 3.35. The van der Waals surface area contributed by atoms with Crippen LogP contribution in [0, 0.1) is 12.8 Å². The minimum absolute atomic E-state index is 0.00887. The third kappa shape index (κ3) is 4.91. The minimum atomic E-state index is -0.515. The summed E-state index contributed by atoms with van der Waals surface area (Å²) in [5.74, 6) is 5.57. The van der Waals surface area contributed by atoms with Gasteiger partial charge in [0.1, 0.15) is 0 Å². The van der Waals surface area contributed by atoms with Gasteiger partial charge in [-0.1, -0.05) is 0 Å². The van der Waals surface area contributed by atoms with Gasteiger partial charge in [0.05, 0.1) is 35.5 Å². The molecule has 4 N–H and O–H groups in total. The molecular weight excluding hydrogens is 462 g/mol. The molecule has 2 bridgehead atoms. The van der Waals surface area contributed by atoms with Crippen molar-refractivity contribution in [1.82, 2.24) is 14.9 Å². The van der Waals surface area contributed by atoms with Gasteiger partial charge in [0.15, 0.2) is 5.71 Å².